The van der Waals surface area contributed by atoms with E-state index in [2.05, 4.69) is 45.8 Å². The van der Waals surface area contributed by atoms with Crippen molar-refractivity contribution >= 4 is 8.32 Å². The molecule has 1 aliphatic heterocycles. The Balaban J connectivity index is 1.90. The van der Waals surface area contributed by atoms with Crippen LogP contribution >= 0.6 is 0 Å². The summed E-state index contributed by atoms with van der Waals surface area (Å²) in [5.74, 6) is 0. The summed E-state index contributed by atoms with van der Waals surface area (Å²) in [6.45, 7) is 15.1. The molecule has 0 bridgehead atoms. The maximum Gasteiger partial charge on any atom is 0.330 e. The average molecular weight is 381 g/mol. The second-order valence-electron chi connectivity index (χ2n) is 9.80. The molecule has 1 aromatic heterocycles. The van der Waals surface area contributed by atoms with Crippen LogP contribution in [0.3, 0.4) is 0 Å². The van der Waals surface area contributed by atoms with Crippen molar-refractivity contribution in [2.24, 2.45) is 5.41 Å². The highest BCUT2D eigenvalue weighted by Gasteiger charge is 2.55. The van der Waals surface area contributed by atoms with Crippen molar-refractivity contribution < 1.29 is 9.16 Å². The zero-order valence-electron chi connectivity index (χ0n) is 17.0. The molecule has 0 spiro atoms. The van der Waals surface area contributed by atoms with Crippen molar-refractivity contribution in [2.75, 3.05) is 0 Å². The van der Waals surface area contributed by atoms with Gasteiger partial charge < -0.3 is 9.16 Å². The Hall–Kier alpha value is -1.18. The third-order valence-corrected chi connectivity index (χ3v) is 11.0. The number of rotatable bonds is 4. The quantitative estimate of drug-likeness (QED) is 0.813. The van der Waals surface area contributed by atoms with Gasteiger partial charge in [0.15, 0.2) is 8.32 Å². The summed E-state index contributed by atoms with van der Waals surface area (Å²) in [7, 11) is -1.95. The van der Waals surface area contributed by atoms with Gasteiger partial charge in [-0.2, -0.15) is 0 Å². The topological polar surface area (TPSA) is 73.3 Å². The van der Waals surface area contributed by atoms with Gasteiger partial charge in [-0.3, -0.25) is 14.3 Å². The molecular formula is C19H32N2O4Si. The van der Waals surface area contributed by atoms with E-state index in [1.165, 1.54) is 4.57 Å². The molecule has 3 atom stereocenters. The molecule has 2 fully saturated rings. The number of nitrogens with one attached hydrogen (secondary N) is 1. The lowest BCUT2D eigenvalue weighted by Crippen LogP contribution is -2.47. The Morgan fingerprint density at radius 1 is 1.31 bits per heavy atom. The van der Waals surface area contributed by atoms with Crippen LogP contribution in [0.15, 0.2) is 15.8 Å². The van der Waals surface area contributed by atoms with Crippen LogP contribution in [-0.2, 0) is 9.16 Å². The number of aryl methyl sites for hydroxylation is 1. The fourth-order valence-corrected chi connectivity index (χ4v) is 4.70. The first kappa shape index (κ1) is 19.6. The van der Waals surface area contributed by atoms with E-state index >= 15 is 0 Å². The molecule has 1 saturated carbocycles. The van der Waals surface area contributed by atoms with E-state index in [0.29, 0.717) is 12.0 Å². The minimum atomic E-state index is -1.95. The fraction of sp³-hybridized carbons (Fsp3) is 0.789. The number of nitrogens with zero attached hydrogens (tertiary/aromatic N) is 1. The maximum atomic E-state index is 12.3. The van der Waals surface area contributed by atoms with Gasteiger partial charge in [0, 0.05) is 18.2 Å². The minimum Gasteiger partial charge on any atom is -0.411 e. The molecule has 26 heavy (non-hydrogen) atoms. The average Bonchev–Trinajstić information content (AvgIpc) is 3.10. The highest BCUT2D eigenvalue weighted by atomic mass is 28.4. The van der Waals surface area contributed by atoms with Gasteiger partial charge >= 0.3 is 5.69 Å². The zero-order valence-corrected chi connectivity index (χ0v) is 18.0. The second-order valence-corrected chi connectivity index (χ2v) is 14.6. The summed E-state index contributed by atoms with van der Waals surface area (Å²) in [6, 6.07) is 0. The highest BCUT2D eigenvalue weighted by molar-refractivity contribution is 6.74. The normalized spacial score (nSPS) is 28.3. The Bertz CT molecular complexity index is 801. The largest absolute Gasteiger partial charge is 0.411 e. The molecule has 1 N–H and O–H groups in total. The van der Waals surface area contributed by atoms with Crippen LogP contribution in [-0.4, -0.2) is 30.1 Å². The van der Waals surface area contributed by atoms with E-state index in [0.717, 1.165) is 12.8 Å². The monoisotopic (exact) mass is 380 g/mol. The molecule has 1 unspecified atom stereocenters. The summed E-state index contributed by atoms with van der Waals surface area (Å²) >= 11 is 0. The Labute approximate surface area is 156 Å². The molecule has 0 radical (unpaired) electrons. The molecule has 2 aliphatic rings. The molecular weight excluding hydrogens is 348 g/mol. The van der Waals surface area contributed by atoms with Gasteiger partial charge in [-0.15, -0.1) is 0 Å². The van der Waals surface area contributed by atoms with E-state index in [1.54, 1.807) is 13.1 Å². The fourth-order valence-electron chi connectivity index (χ4n) is 3.37. The van der Waals surface area contributed by atoms with E-state index in [4.69, 9.17) is 9.16 Å². The molecule has 3 rings (SSSR count). The van der Waals surface area contributed by atoms with Gasteiger partial charge in [0.1, 0.15) is 6.23 Å². The molecule has 7 heteroatoms. The summed E-state index contributed by atoms with van der Waals surface area (Å²) in [4.78, 5) is 26.4. The SMILES string of the molecule is Cc1cn([C@H]2CC(O[Si](C)(C)C(C)(C)C)[C@@H](C3(C)CC3)O2)c(=O)[nH]c1=O. The van der Waals surface area contributed by atoms with Crippen LogP contribution in [0.4, 0.5) is 0 Å². The standard InChI is InChI=1S/C19H32N2O4Si/c1-12-11-21(17(23)20-16(12)22)14-10-13(15(24-14)19(5)8-9-19)25-26(6,7)18(2,3)4/h11,13-15H,8-10H2,1-7H3,(H,20,22,23)/t13?,14-,15+/m1/s1. The Morgan fingerprint density at radius 3 is 2.46 bits per heavy atom. The van der Waals surface area contributed by atoms with E-state index in [9.17, 15) is 9.59 Å². The number of aromatic nitrogens is 2. The summed E-state index contributed by atoms with van der Waals surface area (Å²) in [5.41, 5.74) is -0.124. The highest BCUT2D eigenvalue weighted by Crippen LogP contribution is 2.55. The molecule has 6 nitrogen and oxygen atoms in total. The van der Waals surface area contributed by atoms with Crippen LogP contribution in [0, 0.1) is 12.3 Å². The predicted octanol–water partition coefficient (Wildman–Crippen LogP) is 3.32. The third kappa shape index (κ3) is 3.49. The first-order chi connectivity index (χ1) is 11.8. The van der Waals surface area contributed by atoms with Gasteiger partial charge in [-0.1, -0.05) is 27.7 Å². The minimum absolute atomic E-state index is 0.0132. The van der Waals surface area contributed by atoms with Crippen molar-refractivity contribution in [3.63, 3.8) is 0 Å². The van der Waals surface area contributed by atoms with Gasteiger partial charge in [-0.05, 0) is 43.3 Å². The van der Waals surface area contributed by atoms with Crippen LogP contribution in [0.2, 0.25) is 18.1 Å². The molecule has 0 amide bonds. The van der Waals surface area contributed by atoms with Crippen LogP contribution in [0.25, 0.3) is 0 Å². The van der Waals surface area contributed by atoms with Crippen molar-refractivity contribution in [1.82, 2.24) is 9.55 Å². The maximum absolute atomic E-state index is 12.3. The lowest BCUT2D eigenvalue weighted by atomic mass is 9.97. The zero-order chi connectivity index (χ0) is 19.5. The predicted molar refractivity (Wildman–Crippen MR) is 104 cm³/mol. The Kier molecular flexibility index (Phi) is 4.65. The smallest absolute Gasteiger partial charge is 0.330 e. The number of aromatic amines is 1. The molecule has 2 heterocycles. The van der Waals surface area contributed by atoms with E-state index in [1.807, 2.05) is 0 Å². The second kappa shape index (κ2) is 6.17. The van der Waals surface area contributed by atoms with Gasteiger partial charge in [0.2, 0.25) is 0 Å². The number of H-pyrrole nitrogens is 1. The number of ether oxygens (including phenoxy) is 1. The van der Waals surface area contributed by atoms with Crippen LogP contribution in [0.1, 0.15) is 58.7 Å². The first-order valence-electron chi connectivity index (χ1n) is 9.49. The van der Waals surface area contributed by atoms with Crippen molar-refractivity contribution in [3.8, 4) is 0 Å². The summed E-state index contributed by atoms with van der Waals surface area (Å²) in [6.07, 6.45) is 4.07. The molecule has 1 saturated heterocycles. The van der Waals surface area contributed by atoms with Gasteiger partial charge in [-0.25, -0.2) is 4.79 Å². The molecule has 0 aromatic carbocycles. The Morgan fingerprint density at radius 2 is 1.92 bits per heavy atom. The summed E-state index contributed by atoms with van der Waals surface area (Å²) < 4.78 is 14.6. The van der Waals surface area contributed by atoms with Gasteiger partial charge in [0.05, 0.1) is 12.2 Å². The molecule has 1 aliphatic carbocycles. The van der Waals surface area contributed by atoms with Crippen LogP contribution in [0.5, 0.6) is 0 Å². The molecule has 1 aromatic rings. The van der Waals surface area contributed by atoms with Crippen molar-refractivity contribution in [2.45, 2.75) is 90.4 Å². The third-order valence-electron chi connectivity index (χ3n) is 6.51. The van der Waals surface area contributed by atoms with Gasteiger partial charge in [0.25, 0.3) is 5.56 Å². The lowest BCUT2D eigenvalue weighted by Gasteiger charge is -2.40. The van der Waals surface area contributed by atoms with E-state index < -0.39 is 20.2 Å². The summed E-state index contributed by atoms with van der Waals surface area (Å²) in [5, 5.41) is 0.117. The molecule has 146 valence electrons. The number of hydrogen-bond acceptors (Lipinski definition) is 4. The van der Waals surface area contributed by atoms with Crippen LogP contribution < -0.4 is 11.2 Å². The number of hydrogen-bond donors (Lipinski definition) is 1. The first-order valence-corrected chi connectivity index (χ1v) is 12.4. The van der Waals surface area contributed by atoms with Crippen molar-refractivity contribution in [3.05, 3.63) is 32.6 Å². The lowest BCUT2D eigenvalue weighted by molar-refractivity contribution is -0.0523. The van der Waals surface area contributed by atoms with E-state index in [-0.39, 0.29) is 28.2 Å². The van der Waals surface area contributed by atoms with Crippen molar-refractivity contribution in [1.29, 1.82) is 0 Å².